The molecule has 0 aliphatic carbocycles. The van der Waals surface area contributed by atoms with Crippen LogP contribution in [0.25, 0.3) is 0 Å². The Labute approximate surface area is 144 Å². The normalized spacial score (nSPS) is 16.6. The fourth-order valence-corrected chi connectivity index (χ4v) is 2.21. The fraction of sp³-hybridized carbons (Fsp3) is 0.188. The molecule has 0 saturated heterocycles. The number of oxime groups is 1. The van der Waals surface area contributed by atoms with Crippen molar-refractivity contribution in [3.05, 3.63) is 53.9 Å². The molecule has 1 atom stereocenters. The average Bonchev–Trinajstić information content (AvgIpc) is 3.03. The molecule has 10 heteroatoms. The first-order valence-electron chi connectivity index (χ1n) is 7.26. The minimum Gasteiger partial charge on any atom is -0.477 e. The summed E-state index contributed by atoms with van der Waals surface area (Å²) in [7, 11) is 0. The number of nitrogens with zero attached hydrogens (tertiary/aromatic N) is 2. The lowest BCUT2D eigenvalue weighted by Gasteiger charge is -2.11. The van der Waals surface area contributed by atoms with Crippen LogP contribution in [0.2, 0.25) is 0 Å². The smallest absolute Gasteiger partial charge is 0.477 e. The summed E-state index contributed by atoms with van der Waals surface area (Å²) in [5, 5.41) is 12.7. The van der Waals surface area contributed by atoms with Crippen molar-refractivity contribution in [2.75, 3.05) is 0 Å². The number of hydrogen-bond acceptors (Lipinski definition) is 6. The van der Waals surface area contributed by atoms with Gasteiger partial charge in [-0.05, 0) is 23.8 Å². The van der Waals surface area contributed by atoms with Crippen LogP contribution in [0.4, 0.5) is 13.2 Å². The van der Waals surface area contributed by atoms with Gasteiger partial charge in [0.2, 0.25) is 5.90 Å². The third-order valence-electron chi connectivity index (χ3n) is 3.31. The van der Waals surface area contributed by atoms with Gasteiger partial charge in [-0.3, -0.25) is 0 Å². The Morgan fingerprint density at radius 2 is 1.92 bits per heavy atom. The predicted molar refractivity (Wildman–Crippen MR) is 80.8 cm³/mol. The van der Waals surface area contributed by atoms with Gasteiger partial charge >= 0.3 is 12.3 Å². The zero-order valence-electron chi connectivity index (χ0n) is 12.9. The van der Waals surface area contributed by atoms with Crippen LogP contribution in [0.1, 0.15) is 28.6 Å². The number of benzene rings is 1. The lowest BCUT2D eigenvalue weighted by atomic mass is 10.1. The molecule has 26 heavy (non-hydrogen) atoms. The van der Waals surface area contributed by atoms with Crippen LogP contribution < -0.4 is 9.47 Å². The van der Waals surface area contributed by atoms with E-state index in [1.54, 1.807) is 0 Å². The van der Waals surface area contributed by atoms with Gasteiger partial charge in [0.05, 0.1) is 6.42 Å². The zero-order valence-corrected chi connectivity index (χ0v) is 12.9. The lowest BCUT2D eigenvalue weighted by Crippen LogP contribution is -2.17. The van der Waals surface area contributed by atoms with Gasteiger partial charge in [-0.2, -0.15) is 0 Å². The second kappa shape index (κ2) is 6.90. The minimum absolute atomic E-state index is 0.182. The van der Waals surface area contributed by atoms with E-state index >= 15 is 0 Å². The molecule has 1 aromatic heterocycles. The highest BCUT2D eigenvalue weighted by atomic mass is 19.4. The molecule has 2 aromatic rings. The third-order valence-corrected chi connectivity index (χ3v) is 3.31. The molecule has 1 aromatic carbocycles. The highest BCUT2D eigenvalue weighted by molar-refractivity contribution is 5.86. The Morgan fingerprint density at radius 3 is 2.58 bits per heavy atom. The van der Waals surface area contributed by atoms with Crippen molar-refractivity contribution in [3.63, 3.8) is 0 Å². The molecule has 0 radical (unpaired) electrons. The Bertz CT molecular complexity index is 837. The molecule has 1 aliphatic rings. The molecule has 0 spiro atoms. The Hall–Kier alpha value is -3.30. The van der Waals surface area contributed by atoms with E-state index < -0.39 is 18.4 Å². The van der Waals surface area contributed by atoms with Crippen LogP contribution in [0.3, 0.4) is 0 Å². The van der Waals surface area contributed by atoms with Crippen molar-refractivity contribution in [1.82, 2.24) is 4.98 Å². The van der Waals surface area contributed by atoms with Crippen LogP contribution in [0, 0.1) is 0 Å². The van der Waals surface area contributed by atoms with E-state index in [1.807, 2.05) is 0 Å². The quantitative estimate of drug-likeness (QED) is 0.888. The van der Waals surface area contributed by atoms with Gasteiger partial charge in [0.25, 0.3) is 0 Å². The maximum atomic E-state index is 12.2. The molecule has 3 rings (SSSR count). The summed E-state index contributed by atoms with van der Waals surface area (Å²) in [6.45, 7) is 0. The zero-order chi connectivity index (χ0) is 18.7. The number of aromatic nitrogens is 1. The van der Waals surface area contributed by atoms with Crippen LogP contribution in [-0.4, -0.2) is 28.3 Å². The van der Waals surface area contributed by atoms with Crippen molar-refractivity contribution in [2.45, 2.75) is 18.9 Å². The molecule has 0 amide bonds. The Kier molecular flexibility index (Phi) is 4.65. The molecule has 7 nitrogen and oxygen atoms in total. The van der Waals surface area contributed by atoms with E-state index in [-0.39, 0.29) is 29.5 Å². The van der Waals surface area contributed by atoms with Crippen molar-refractivity contribution in [1.29, 1.82) is 0 Å². The largest absolute Gasteiger partial charge is 0.573 e. The highest BCUT2D eigenvalue weighted by Gasteiger charge is 2.31. The monoisotopic (exact) mass is 368 g/mol. The first-order valence-corrected chi connectivity index (χ1v) is 7.26. The lowest BCUT2D eigenvalue weighted by molar-refractivity contribution is -0.274. The Morgan fingerprint density at radius 1 is 1.19 bits per heavy atom. The fourth-order valence-electron chi connectivity index (χ4n) is 2.21. The van der Waals surface area contributed by atoms with Crippen LogP contribution in [-0.2, 0) is 4.84 Å². The van der Waals surface area contributed by atoms with Gasteiger partial charge in [0.1, 0.15) is 11.5 Å². The van der Waals surface area contributed by atoms with E-state index in [2.05, 4.69) is 14.9 Å². The van der Waals surface area contributed by atoms with Crippen molar-refractivity contribution >= 4 is 11.9 Å². The molecule has 2 heterocycles. The van der Waals surface area contributed by atoms with E-state index in [9.17, 15) is 18.0 Å². The number of rotatable bonds is 4. The molecule has 0 bridgehead atoms. The van der Waals surface area contributed by atoms with Gasteiger partial charge < -0.3 is 19.4 Å². The predicted octanol–water partition coefficient (Wildman–Crippen LogP) is 3.53. The number of carbonyl (C=O) groups is 1. The number of carboxylic acids is 1. The average molecular weight is 368 g/mol. The number of pyridine rings is 1. The maximum absolute atomic E-state index is 12.2. The van der Waals surface area contributed by atoms with Gasteiger partial charge in [-0.15, -0.1) is 13.2 Å². The summed E-state index contributed by atoms with van der Waals surface area (Å²) < 4.78 is 45.7. The molecule has 0 unspecified atom stereocenters. The van der Waals surface area contributed by atoms with Gasteiger partial charge in [-0.25, -0.2) is 9.78 Å². The van der Waals surface area contributed by atoms with Gasteiger partial charge in [-0.1, -0.05) is 17.3 Å². The minimum atomic E-state index is -4.76. The first kappa shape index (κ1) is 17.5. The standard InChI is InChI=1S/C16H11F3N2O5/c17-16(18,19)25-10-3-1-9(2-4-10)13-8-14(21-26-13)24-11-5-6-20-12(7-11)15(22)23/h1-7,13H,8H2,(H,22,23)/t13-/m0/s1. The summed E-state index contributed by atoms with van der Waals surface area (Å²) >= 11 is 0. The molecule has 136 valence electrons. The first-order chi connectivity index (χ1) is 12.3. The van der Waals surface area contributed by atoms with Crippen molar-refractivity contribution in [2.24, 2.45) is 5.16 Å². The van der Waals surface area contributed by atoms with Crippen LogP contribution in [0.5, 0.6) is 11.5 Å². The van der Waals surface area contributed by atoms with Gasteiger partial charge in [0, 0.05) is 12.3 Å². The highest BCUT2D eigenvalue weighted by Crippen LogP contribution is 2.30. The number of ether oxygens (including phenoxy) is 2. The SMILES string of the molecule is O=C(O)c1cc(OC2=NO[C@H](c3ccc(OC(F)(F)F)cc3)C2)ccn1. The van der Waals surface area contributed by atoms with E-state index in [4.69, 9.17) is 14.7 Å². The van der Waals surface area contributed by atoms with Crippen molar-refractivity contribution < 1.29 is 37.4 Å². The summed E-state index contributed by atoms with van der Waals surface area (Å²) in [5.74, 6) is -1.10. The number of alkyl halides is 3. The molecule has 0 saturated carbocycles. The number of halogens is 3. The van der Waals surface area contributed by atoms with E-state index in [0.29, 0.717) is 5.56 Å². The van der Waals surface area contributed by atoms with E-state index in [1.165, 1.54) is 42.6 Å². The van der Waals surface area contributed by atoms with Crippen molar-refractivity contribution in [3.8, 4) is 11.5 Å². The van der Waals surface area contributed by atoms with Gasteiger partial charge in [0.15, 0.2) is 11.8 Å². The molecular weight excluding hydrogens is 357 g/mol. The second-order valence-corrected chi connectivity index (χ2v) is 5.18. The Balaban J connectivity index is 1.61. The number of carboxylic acid groups (broad SMARTS) is 1. The molecule has 1 aliphatic heterocycles. The summed E-state index contributed by atoms with van der Waals surface area (Å²) in [6, 6.07) is 7.91. The van der Waals surface area contributed by atoms with Crippen LogP contribution >= 0.6 is 0 Å². The van der Waals surface area contributed by atoms with Crippen LogP contribution in [0.15, 0.2) is 47.8 Å². The third kappa shape index (κ3) is 4.41. The summed E-state index contributed by atoms with van der Waals surface area (Å²) in [6.07, 6.45) is -3.78. The second-order valence-electron chi connectivity index (χ2n) is 5.18. The molecular formula is C16H11F3N2O5. The number of aromatic carboxylic acids is 1. The molecule has 0 fully saturated rings. The topological polar surface area (TPSA) is 90.2 Å². The maximum Gasteiger partial charge on any atom is 0.573 e. The summed E-state index contributed by atoms with van der Waals surface area (Å²) in [5.41, 5.74) is 0.404. The number of hydrogen-bond donors (Lipinski definition) is 1. The van der Waals surface area contributed by atoms with E-state index in [0.717, 1.165) is 0 Å². The molecule has 1 N–H and O–H groups in total. The summed E-state index contributed by atoms with van der Waals surface area (Å²) in [4.78, 5) is 19.8.